The summed E-state index contributed by atoms with van der Waals surface area (Å²) in [5.74, 6) is 0.488. The molecule has 0 aromatic rings. The van der Waals surface area contributed by atoms with E-state index < -0.39 is 0 Å². The molecule has 0 radical (unpaired) electrons. The zero-order valence-corrected chi connectivity index (χ0v) is 6.64. The molecule has 0 aromatic heterocycles. The molecular formula is C8H17NO. The first-order valence-electron chi connectivity index (χ1n) is 4.22. The smallest absolute Gasteiger partial charge is 0.0474 e. The Balaban J connectivity index is 2.29. The minimum Gasteiger partial charge on any atom is -0.396 e. The second-order valence-electron chi connectivity index (χ2n) is 3.05. The highest BCUT2D eigenvalue weighted by Crippen LogP contribution is 2.16. The van der Waals surface area contributed by atoms with Crippen LogP contribution >= 0.6 is 0 Å². The van der Waals surface area contributed by atoms with Crippen LogP contribution < -0.4 is 5.32 Å². The predicted molar refractivity (Wildman–Crippen MR) is 41.9 cm³/mol. The fourth-order valence-corrected chi connectivity index (χ4v) is 1.65. The molecule has 1 saturated heterocycles. The molecule has 1 heterocycles. The largest absolute Gasteiger partial charge is 0.396 e. The molecule has 1 aliphatic heterocycles. The van der Waals surface area contributed by atoms with Crippen molar-refractivity contribution in [3.05, 3.63) is 0 Å². The van der Waals surface area contributed by atoms with E-state index in [1.54, 1.807) is 0 Å². The third-order valence-corrected chi connectivity index (χ3v) is 2.43. The van der Waals surface area contributed by atoms with Gasteiger partial charge < -0.3 is 10.4 Å². The Labute approximate surface area is 62.6 Å². The summed E-state index contributed by atoms with van der Waals surface area (Å²) in [4.78, 5) is 0. The van der Waals surface area contributed by atoms with Gasteiger partial charge >= 0.3 is 0 Å². The molecule has 0 bridgehead atoms. The maximum Gasteiger partial charge on any atom is 0.0474 e. The lowest BCUT2D eigenvalue weighted by molar-refractivity contribution is 0.192. The third-order valence-electron chi connectivity index (χ3n) is 2.43. The van der Waals surface area contributed by atoms with E-state index in [0.717, 1.165) is 13.0 Å². The number of aliphatic hydroxyl groups excluding tert-OH is 1. The van der Waals surface area contributed by atoms with Crippen molar-refractivity contribution >= 4 is 0 Å². The van der Waals surface area contributed by atoms with E-state index in [9.17, 15) is 0 Å². The van der Waals surface area contributed by atoms with Crippen molar-refractivity contribution in [3.63, 3.8) is 0 Å². The van der Waals surface area contributed by atoms with E-state index in [1.165, 1.54) is 12.8 Å². The summed E-state index contributed by atoms with van der Waals surface area (Å²) in [5.41, 5.74) is 0. The maximum atomic E-state index is 8.95. The molecule has 0 spiro atoms. The molecule has 0 saturated carbocycles. The molecule has 2 atom stereocenters. The SMILES string of the molecule is CCC(CO)C1CCCN1. The van der Waals surface area contributed by atoms with Crippen LogP contribution in [0.25, 0.3) is 0 Å². The molecule has 2 heteroatoms. The molecule has 1 rings (SSSR count). The van der Waals surface area contributed by atoms with Gasteiger partial charge in [-0.05, 0) is 31.7 Å². The van der Waals surface area contributed by atoms with Crippen LogP contribution in [-0.4, -0.2) is 24.3 Å². The summed E-state index contributed by atoms with van der Waals surface area (Å²) in [6.45, 7) is 3.62. The van der Waals surface area contributed by atoms with Crippen LogP contribution in [0.1, 0.15) is 26.2 Å². The Morgan fingerprint density at radius 1 is 1.70 bits per heavy atom. The van der Waals surface area contributed by atoms with Gasteiger partial charge in [0, 0.05) is 12.6 Å². The average molecular weight is 143 g/mol. The van der Waals surface area contributed by atoms with Crippen molar-refractivity contribution in [1.82, 2.24) is 5.32 Å². The van der Waals surface area contributed by atoms with E-state index in [0.29, 0.717) is 18.6 Å². The van der Waals surface area contributed by atoms with Gasteiger partial charge in [-0.3, -0.25) is 0 Å². The molecule has 10 heavy (non-hydrogen) atoms. The molecule has 2 N–H and O–H groups in total. The van der Waals surface area contributed by atoms with Crippen molar-refractivity contribution in [2.24, 2.45) is 5.92 Å². The highest BCUT2D eigenvalue weighted by Gasteiger charge is 2.21. The van der Waals surface area contributed by atoms with Gasteiger partial charge in [0.05, 0.1) is 0 Å². The minimum atomic E-state index is 0.341. The molecule has 0 aliphatic carbocycles. The molecule has 1 fully saturated rings. The van der Waals surface area contributed by atoms with E-state index in [1.807, 2.05) is 0 Å². The first-order chi connectivity index (χ1) is 4.88. The van der Waals surface area contributed by atoms with Crippen LogP contribution in [0.15, 0.2) is 0 Å². The zero-order valence-electron chi connectivity index (χ0n) is 6.64. The van der Waals surface area contributed by atoms with Crippen molar-refractivity contribution in [3.8, 4) is 0 Å². The summed E-state index contributed by atoms with van der Waals surface area (Å²) in [6.07, 6.45) is 3.62. The lowest BCUT2D eigenvalue weighted by Crippen LogP contribution is -2.32. The number of aliphatic hydroxyl groups is 1. The van der Waals surface area contributed by atoms with E-state index in [2.05, 4.69) is 12.2 Å². The van der Waals surface area contributed by atoms with Gasteiger partial charge in [0.1, 0.15) is 0 Å². The average Bonchev–Trinajstić information content (AvgIpc) is 2.43. The van der Waals surface area contributed by atoms with Crippen LogP contribution in [0.5, 0.6) is 0 Å². The molecule has 60 valence electrons. The van der Waals surface area contributed by atoms with Crippen molar-refractivity contribution in [1.29, 1.82) is 0 Å². The fraction of sp³-hybridized carbons (Fsp3) is 1.00. The topological polar surface area (TPSA) is 32.3 Å². The summed E-state index contributed by atoms with van der Waals surface area (Å²) in [7, 11) is 0. The summed E-state index contributed by atoms with van der Waals surface area (Å²) >= 11 is 0. The molecule has 0 amide bonds. The fourth-order valence-electron chi connectivity index (χ4n) is 1.65. The molecule has 2 nitrogen and oxygen atoms in total. The van der Waals surface area contributed by atoms with Crippen LogP contribution in [-0.2, 0) is 0 Å². The number of rotatable bonds is 3. The van der Waals surface area contributed by atoms with Crippen LogP contribution in [0.2, 0.25) is 0 Å². The van der Waals surface area contributed by atoms with Crippen LogP contribution in [0.4, 0.5) is 0 Å². The predicted octanol–water partition coefficient (Wildman–Crippen LogP) is 0.757. The minimum absolute atomic E-state index is 0.341. The monoisotopic (exact) mass is 143 g/mol. The van der Waals surface area contributed by atoms with Crippen molar-refractivity contribution in [2.45, 2.75) is 32.2 Å². The number of nitrogens with one attached hydrogen (secondary N) is 1. The highest BCUT2D eigenvalue weighted by atomic mass is 16.3. The third kappa shape index (κ3) is 1.70. The standard InChI is InChI=1S/C8H17NO/c1-2-7(6-10)8-4-3-5-9-8/h7-10H,2-6H2,1H3. The summed E-state index contributed by atoms with van der Waals surface area (Å²) < 4.78 is 0. The van der Waals surface area contributed by atoms with Crippen molar-refractivity contribution in [2.75, 3.05) is 13.2 Å². The van der Waals surface area contributed by atoms with Gasteiger partial charge in [0.15, 0.2) is 0 Å². The quantitative estimate of drug-likeness (QED) is 0.611. The van der Waals surface area contributed by atoms with E-state index in [-0.39, 0.29) is 0 Å². The molecule has 0 aromatic carbocycles. The van der Waals surface area contributed by atoms with Crippen molar-refractivity contribution < 1.29 is 5.11 Å². The second kappa shape index (κ2) is 3.94. The Hall–Kier alpha value is -0.0800. The molecule has 1 aliphatic rings. The highest BCUT2D eigenvalue weighted by molar-refractivity contribution is 4.80. The Morgan fingerprint density at radius 2 is 2.50 bits per heavy atom. The Bertz CT molecular complexity index is 85.3. The van der Waals surface area contributed by atoms with E-state index in [4.69, 9.17) is 5.11 Å². The van der Waals surface area contributed by atoms with Gasteiger partial charge in [0.2, 0.25) is 0 Å². The normalized spacial score (nSPS) is 28.8. The van der Waals surface area contributed by atoms with Crippen LogP contribution in [0.3, 0.4) is 0 Å². The summed E-state index contributed by atoms with van der Waals surface area (Å²) in [6, 6.07) is 0.593. The second-order valence-corrected chi connectivity index (χ2v) is 3.05. The van der Waals surface area contributed by atoms with Crippen LogP contribution in [0, 0.1) is 5.92 Å². The lowest BCUT2D eigenvalue weighted by Gasteiger charge is -2.19. The number of hydrogen-bond donors (Lipinski definition) is 2. The maximum absolute atomic E-state index is 8.95. The first-order valence-corrected chi connectivity index (χ1v) is 4.22. The first kappa shape index (κ1) is 8.02. The van der Waals surface area contributed by atoms with Gasteiger partial charge in [-0.1, -0.05) is 6.92 Å². The van der Waals surface area contributed by atoms with E-state index >= 15 is 0 Å². The van der Waals surface area contributed by atoms with Gasteiger partial charge in [-0.15, -0.1) is 0 Å². The Kier molecular flexibility index (Phi) is 3.16. The molecular weight excluding hydrogens is 126 g/mol. The number of hydrogen-bond acceptors (Lipinski definition) is 2. The summed E-state index contributed by atoms with van der Waals surface area (Å²) in [5, 5.41) is 12.3. The van der Waals surface area contributed by atoms with Gasteiger partial charge in [-0.25, -0.2) is 0 Å². The zero-order chi connectivity index (χ0) is 7.40. The van der Waals surface area contributed by atoms with Gasteiger partial charge in [-0.2, -0.15) is 0 Å². The molecule has 2 unspecified atom stereocenters. The van der Waals surface area contributed by atoms with Gasteiger partial charge in [0.25, 0.3) is 0 Å². The lowest BCUT2D eigenvalue weighted by atomic mass is 9.97. The Morgan fingerprint density at radius 3 is 2.90 bits per heavy atom.